The minimum Gasteiger partial charge on any atom is -0.280 e. The molecule has 1 heterocycles. The quantitative estimate of drug-likeness (QED) is 0.512. The smallest absolute Gasteiger partial charge is 0.261 e. The van der Waals surface area contributed by atoms with Gasteiger partial charge in [-0.2, -0.15) is 0 Å². The summed E-state index contributed by atoms with van der Waals surface area (Å²) in [6.45, 7) is 0. The highest BCUT2D eigenvalue weighted by atomic mass is 32.2. The second kappa shape index (κ2) is 7.66. The molecule has 0 bridgehead atoms. The maximum Gasteiger partial charge on any atom is 0.261 e. The largest absolute Gasteiger partial charge is 0.280 e. The number of hydrogen-bond donors (Lipinski definition) is 1. The fraction of sp³-hybridized carbons (Fsp3) is 0. The number of sulfonamides is 1. The minimum absolute atomic E-state index is 0.240. The van der Waals surface area contributed by atoms with Gasteiger partial charge in [-0.3, -0.25) is 9.71 Å². The first kappa shape index (κ1) is 17.9. The molecule has 0 spiro atoms. The van der Waals surface area contributed by atoms with Crippen LogP contribution in [0.1, 0.15) is 11.1 Å². The van der Waals surface area contributed by atoms with Gasteiger partial charge in [0.2, 0.25) is 0 Å². The average Bonchev–Trinajstić information content (AvgIpc) is 2.72. The van der Waals surface area contributed by atoms with Gasteiger partial charge in [0, 0.05) is 18.1 Å². The molecule has 0 aliphatic rings. The average molecular weight is 386 g/mol. The van der Waals surface area contributed by atoms with Gasteiger partial charge in [0.25, 0.3) is 10.0 Å². The van der Waals surface area contributed by atoms with E-state index in [1.54, 1.807) is 36.7 Å². The number of nitrogens with one attached hydrogen (secondary N) is 1. The Bertz CT molecular complexity index is 1250. The van der Waals surface area contributed by atoms with Crippen LogP contribution in [0, 0.1) is 0 Å². The first-order valence-corrected chi connectivity index (χ1v) is 10.3. The van der Waals surface area contributed by atoms with Crippen LogP contribution in [0.3, 0.4) is 0 Å². The predicted molar refractivity (Wildman–Crippen MR) is 114 cm³/mol. The molecule has 5 heteroatoms. The van der Waals surface area contributed by atoms with Gasteiger partial charge in [0.15, 0.2) is 0 Å². The van der Waals surface area contributed by atoms with Crippen molar-refractivity contribution in [3.8, 4) is 0 Å². The first-order valence-electron chi connectivity index (χ1n) is 8.80. The molecule has 0 amide bonds. The van der Waals surface area contributed by atoms with Gasteiger partial charge < -0.3 is 0 Å². The highest BCUT2D eigenvalue weighted by Gasteiger charge is 2.14. The summed E-state index contributed by atoms with van der Waals surface area (Å²) in [6.07, 6.45) is 7.35. The van der Waals surface area contributed by atoms with Crippen LogP contribution in [-0.4, -0.2) is 13.4 Å². The van der Waals surface area contributed by atoms with Gasteiger partial charge in [-0.05, 0) is 58.3 Å². The van der Waals surface area contributed by atoms with Crippen molar-refractivity contribution >= 4 is 38.6 Å². The Balaban J connectivity index is 1.58. The molecule has 1 aromatic heterocycles. The Morgan fingerprint density at radius 3 is 2.29 bits per heavy atom. The fourth-order valence-electron chi connectivity index (χ4n) is 2.92. The van der Waals surface area contributed by atoms with Crippen LogP contribution in [0.5, 0.6) is 0 Å². The zero-order valence-corrected chi connectivity index (χ0v) is 15.8. The molecule has 0 radical (unpaired) electrons. The molecule has 138 valence electrons. The van der Waals surface area contributed by atoms with Gasteiger partial charge in [-0.1, -0.05) is 54.6 Å². The number of fused-ring (bicyclic) bond motifs is 1. The number of anilines is 1. The highest BCUT2D eigenvalue weighted by Crippen LogP contribution is 2.22. The molecular weight excluding hydrogens is 368 g/mol. The van der Waals surface area contributed by atoms with E-state index in [1.807, 2.05) is 66.7 Å². The SMILES string of the molecule is O=S(=O)(Nc1cccc(/C=C/c2ccncc2)c1)c1ccc2ccccc2c1. The summed E-state index contributed by atoms with van der Waals surface area (Å²) in [4.78, 5) is 4.23. The maximum absolute atomic E-state index is 12.8. The minimum atomic E-state index is -3.67. The number of benzene rings is 3. The Morgan fingerprint density at radius 2 is 1.46 bits per heavy atom. The number of rotatable bonds is 5. The van der Waals surface area contributed by atoms with Crippen LogP contribution in [-0.2, 0) is 10.0 Å². The van der Waals surface area contributed by atoms with Crippen molar-refractivity contribution in [2.45, 2.75) is 4.90 Å². The monoisotopic (exact) mass is 386 g/mol. The fourth-order valence-corrected chi connectivity index (χ4v) is 4.01. The highest BCUT2D eigenvalue weighted by molar-refractivity contribution is 7.92. The van der Waals surface area contributed by atoms with Crippen LogP contribution in [0.4, 0.5) is 5.69 Å². The van der Waals surface area contributed by atoms with Crippen molar-refractivity contribution < 1.29 is 8.42 Å². The summed E-state index contributed by atoms with van der Waals surface area (Å²) in [5, 5.41) is 1.89. The second-order valence-corrected chi connectivity index (χ2v) is 8.04. The maximum atomic E-state index is 12.8. The van der Waals surface area contributed by atoms with Crippen molar-refractivity contribution in [2.24, 2.45) is 0 Å². The van der Waals surface area contributed by atoms with Gasteiger partial charge >= 0.3 is 0 Å². The normalized spacial score (nSPS) is 11.7. The molecule has 0 saturated heterocycles. The van der Waals surface area contributed by atoms with Crippen LogP contribution < -0.4 is 4.72 Å². The van der Waals surface area contributed by atoms with E-state index in [0.29, 0.717) is 5.69 Å². The first-order chi connectivity index (χ1) is 13.6. The standard InChI is InChI=1S/C23H18N2O2S/c26-28(27,23-11-10-20-5-1-2-6-21(20)17-23)25-22-7-3-4-19(16-22)9-8-18-12-14-24-15-13-18/h1-17,25H/b9-8+. The van der Waals surface area contributed by atoms with Crippen LogP contribution in [0.15, 0.2) is 96.2 Å². The topological polar surface area (TPSA) is 59.1 Å². The molecule has 0 atom stereocenters. The van der Waals surface area contributed by atoms with Crippen molar-refractivity contribution in [2.75, 3.05) is 4.72 Å². The van der Waals surface area contributed by atoms with E-state index in [2.05, 4.69) is 9.71 Å². The Kier molecular flexibility index (Phi) is 4.91. The summed E-state index contributed by atoms with van der Waals surface area (Å²) in [7, 11) is -3.67. The van der Waals surface area contributed by atoms with Gasteiger partial charge in [0.1, 0.15) is 0 Å². The molecule has 4 aromatic rings. The van der Waals surface area contributed by atoms with E-state index in [0.717, 1.165) is 21.9 Å². The summed E-state index contributed by atoms with van der Waals surface area (Å²) >= 11 is 0. The number of hydrogen-bond acceptors (Lipinski definition) is 3. The molecule has 1 N–H and O–H groups in total. The van der Waals surface area contributed by atoms with Crippen molar-refractivity contribution in [3.05, 3.63) is 102 Å². The van der Waals surface area contributed by atoms with Crippen LogP contribution >= 0.6 is 0 Å². The Labute approximate surface area is 164 Å². The summed E-state index contributed by atoms with van der Waals surface area (Å²) < 4.78 is 28.3. The third kappa shape index (κ3) is 4.10. The molecule has 0 aliphatic carbocycles. The third-order valence-corrected chi connectivity index (χ3v) is 5.72. The Hall–Kier alpha value is -3.44. The second-order valence-electron chi connectivity index (χ2n) is 6.35. The summed E-state index contributed by atoms with van der Waals surface area (Å²) in [5.41, 5.74) is 2.44. The number of aromatic nitrogens is 1. The van der Waals surface area contributed by atoms with E-state index in [1.165, 1.54) is 0 Å². The van der Waals surface area contributed by atoms with Crippen molar-refractivity contribution in [1.29, 1.82) is 0 Å². The van der Waals surface area contributed by atoms with Crippen molar-refractivity contribution in [1.82, 2.24) is 4.98 Å². The van der Waals surface area contributed by atoms with E-state index in [9.17, 15) is 8.42 Å². The summed E-state index contributed by atoms with van der Waals surface area (Å²) in [5.74, 6) is 0. The molecule has 0 saturated carbocycles. The van der Waals surface area contributed by atoms with E-state index >= 15 is 0 Å². The molecular formula is C23H18N2O2S. The Morgan fingerprint density at radius 1 is 0.714 bits per heavy atom. The zero-order chi connectivity index (χ0) is 19.4. The molecule has 0 unspecified atom stereocenters. The molecule has 0 fully saturated rings. The molecule has 4 nitrogen and oxygen atoms in total. The van der Waals surface area contributed by atoms with Gasteiger partial charge in [-0.25, -0.2) is 8.42 Å². The lowest BCUT2D eigenvalue weighted by Gasteiger charge is -2.09. The lowest BCUT2D eigenvalue weighted by atomic mass is 10.1. The molecule has 0 aliphatic heterocycles. The number of nitrogens with zero attached hydrogens (tertiary/aromatic N) is 1. The van der Waals surface area contributed by atoms with E-state index in [4.69, 9.17) is 0 Å². The zero-order valence-electron chi connectivity index (χ0n) is 15.0. The molecule has 3 aromatic carbocycles. The number of pyridine rings is 1. The molecule has 28 heavy (non-hydrogen) atoms. The van der Waals surface area contributed by atoms with E-state index < -0.39 is 10.0 Å². The van der Waals surface area contributed by atoms with Crippen molar-refractivity contribution in [3.63, 3.8) is 0 Å². The van der Waals surface area contributed by atoms with Gasteiger partial charge in [-0.15, -0.1) is 0 Å². The van der Waals surface area contributed by atoms with Crippen LogP contribution in [0.25, 0.3) is 22.9 Å². The van der Waals surface area contributed by atoms with Crippen LogP contribution in [0.2, 0.25) is 0 Å². The lowest BCUT2D eigenvalue weighted by molar-refractivity contribution is 0.601. The van der Waals surface area contributed by atoms with E-state index in [-0.39, 0.29) is 4.90 Å². The molecule has 4 rings (SSSR count). The lowest BCUT2D eigenvalue weighted by Crippen LogP contribution is -2.12. The predicted octanol–water partition coefficient (Wildman–Crippen LogP) is 5.21. The van der Waals surface area contributed by atoms with Gasteiger partial charge in [0.05, 0.1) is 4.90 Å². The summed E-state index contributed by atoms with van der Waals surface area (Å²) in [6, 6.07) is 23.9. The third-order valence-electron chi connectivity index (χ3n) is 4.34.